The lowest BCUT2D eigenvalue weighted by Gasteiger charge is -2.36. The molecule has 0 radical (unpaired) electrons. The summed E-state index contributed by atoms with van der Waals surface area (Å²) in [5.41, 5.74) is 3.48. The van der Waals surface area contributed by atoms with Crippen molar-refractivity contribution >= 4 is 17.3 Å². The van der Waals surface area contributed by atoms with Crippen molar-refractivity contribution in [1.82, 2.24) is 4.90 Å². The summed E-state index contributed by atoms with van der Waals surface area (Å²) in [6.07, 6.45) is 2.36. The van der Waals surface area contributed by atoms with Gasteiger partial charge >= 0.3 is 0 Å². The van der Waals surface area contributed by atoms with Crippen molar-refractivity contribution in [3.05, 3.63) is 54.1 Å². The Morgan fingerprint density at radius 2 is 1.71 bits per heavy atom. The van der Waals surface area contributed by atoms with E-state index in [2.05, 4.69) is 40.1 Å². The molecule has 0 N–H and O–H groups in total. The molecule has 2 aromatic carbocycles. The van der Waals surface area contributed by atoms with Gasteiger partial charge in [-0.1, -0.05) is 24.3 Å². The van der Waals surface area contributed by atoms with Crippen LogP contribution in [0, 0.1) is 0 Å². The number of benzene rings is 2. The monoisotopic (exact) mass is 379 g/mol. The SMILES string of the molecule is CN1C(=O)CCc2c(OCCCN3CCN(c4ccccc4)CC3)cccc21. The first-order chi connectivity index (χ1) is 13.7. The number of anilines is 2. The third-order valence-corrected chi connectivity index (χ3v) is 5.80. The second-order valence-corrected chi connectivity index (χ2v) is 7.57. The molecule has 2 aliphatic heterocycles. The Labute approximate surface area is 167 Å². The maximum atomic E-state index is 11.9. The fraction of sp³-hybridized carbons (Fsp3) is 0.435. The van der Waals surface area contributed by atoms with Crippen molar-refractivity contribution in [3.8, 4) is 5.75 Å². The number of piperazine rings is 1. The first kappa shape index (κ1) is 18.8. The van der Waals surface area contributed by atoms with Crippen LogP contribution >= 0.6 is 0 Å². The van der Waals surface area contributed by atoms with Gasteiger partial charge in [-0.3, -0.25) is 9.69 Å². The van der Waals surface area contributed by atoms with Crippen LogP contribution in [0.4, 0.5) is 11.4 Å². The highest BCUT2D eigenvalue weighted by Gasteiger charge is 2.23. The van der Waals surface area contributed by atoms with Crippen molar-refractivity contribution in [2.24, 2.45) is 0 Å². The van der Waals surface area contributed by atoms with E-state index in [4.69, 9.17) is 4.74 Å². The summed E-state index contributed by atoms with van der Waals surface area (Å²) in [5.74, 6) is 1.12. The molecular formula is C23H29N3O2. The van der Waals surface area contributed by atoms with Crippen LogP contribution < -0.4 is 14.5 Å². The molecule has 0 aromatic heterocycles. The maximum absolute atomic E-state index is 11.9. The maximum Gasteiger partial charge on any atom is 0.227 e. The lowest BCUT2D eigenvalue weighted by molar-refractivity contribution is -0.118. The average molecular weight is 380 g/mol. The molecular weight excluding hydrogens is 350 g/mol. The molecule has 5 nitrogen and oxygen atoms in total. The first-order valence-electron chi connectivity index (χ1n) is 10.3. The summed E-state index contributed by atoms with van der Waals surface area (Å²) in [4.78, 5) is 18.6. The van der Waals surface area contributed by atoms with Crippen LogP contribution in [0.1, 0.15) is 18.4 Å². The predicted octanol–water partition coefficient (Wildman–Crippen LogP) is 3.19. The Bertz CT molecular complexity index is 801. The summed E-state index contributed by atoms with van der Waals surface area (Å²) >= 11 is 0. The second-order valence-electron chi connectivity index (χ2n) is 7.57. The number of nitrogens with zero attached hydrogens (tertiary/aromatic N) is 3. The van der Waals surface area contributed by atoms with E-state index in [1.807, 2.05) is 25.2 Å². The number of hydrogen-bond donors (Lipinski definition) is 0. The lowest BCUT2D eigenvalue weighted by atomic mass is 10.0. The Balaban J connectivity index is 1.23. The highest BCUT2D eigenvalue weighted by molar-refractivity contribution is 5.96. The van der Waals surface area contributed by atoms with Crippen molar-refractivity contribution in [2.45, 2.75) is 19.3 Å². The molecule has 2 aromatic rings. The minimum Gasteiger partial charge on any atom is -0.493 e. The Morgan fingerprint density at radius 1 is 0.929 bits per heavy atom. The third-order valence-electron chi connectivity index (χ3n) is 5.80. The van der Waals surface area contributed by atoms with E-state index in [1.54, 1.807) is 4.90 Å². The van der Waals surface area contributed by atoms with Gasteiger partial charge in [0.05, 0.1) is 12.3 Å². The molecule has 0 saturated carbocycles. The van der Waals surface area contributed by atoms with Gasteiger partial charge in [0.2, 0.25) is 5.91 Å². The number of hydrogen-bond acceptors (Lipinski definition) is 4. The number of fused-ring (bicyclic) bond motifs is 1. The fourth-order valence-corrected chi connectivity index (χ4v) is 4.13. The lowest BCUT2D eigenvalue weighted by Crippen LogP contribution is -2.46. The summed E-state index contributed by atoms with van der Waals surface area (Å²) in [7, 11) is 1.85. The molecule has 0 aliphatic carbocycles. The highest BCUT2D eigenvalue weighted by Crippen LogP contribution is 2.33. The van der Waals surface area contributed by atoms with Gasteiger partial charge in [0.1, 0.15) is 5.75 Å². The number of carbonyl (C=O) groups is 1. The minimum atomic E-state index is 0.180. The summed E-state index contributed by atoms with van der Waals surface area (Å²) < 4.78 is 6.09. The predicted molar refractivity (Wildman–Crippen MR) is 113 cm³/mol. The van der Waals surface area contributed by atoms with Crippen LogP contribution in [0.5, 0.6) is 5.75 Å². The van der Waals surface area contributed by atoms with Gasteiger partial charge in [0, 0.05) is 57.4 Å². The van der Waals surface area contributed by atoms with Gasteiger partial charge in [0.15, 0.2) is 0 Å². The van der Waals surface area contributed by atoms with Gasteiger partial charge < -0.3 is 14.5 Å². The van der Waals surface area contributed by atoms with Crippen molar-refractivity contribution < 1.29 is 9.53 Å². The van der Waals surface area contributed by atoms with Gasteiger partial charge in [-0.2, -0.15) is 0 Å². The Morgan fingerprint density at radius 3 is 2.50 bits per heavy atom. The molecule has 2 heterocycles. The van der Waals surface area contributed by atoms with Gasteiger partial charge in [-0.15, -0.1) is 0 Å². The number of amides is 1. The molecule has 1 fully saturated rings. The number of para-hydroxylation sites is 1. The van der Waals surface area contributed by atoms with Crippen LogP contribution in [-0.4, -0.2) is 57.2 Å². The van der Waals surface area contributed by atoms with Crippen LogP contribution in [0.25, 0.3) is 0 Å². The normalized spacial score (nSPS) is 17.5. The Hall–Kier alpha value is -2.53. The largest absolute Gasteiger partial charge is 0.493 e. The molecule has 28 heavy (non-hydrogen) atoms. The number of carbonyl (C=O) groups excluding carboxylic acids is 1. The number of ether oxygens (including phenoxy) is 1. The molecule has 1 saturated heterocycles. The van der Waals surface area contributed by atoms with E-state index < -0.39 is 0 Å². The topological polar surface area (TPSA) is 36.0 Å². The molecule has 0 spiro atoms. The van der Waals surface area contributed by atoms with E-state index in [0.717, 1.165) is 57.0 Å². The second kappa shape index (κ2) is 8.65. The summed E-state index contributed by atoms with van der Waals surface area (Å²) in [6, 6.07) is 16.7. The molecule has 148 valence electrons. The molecule has 0 bridgehead atoms. The van der Waals surface area contributed by atoms with Crippen molar-refractivity contribution in [2.75, 3.05) is 56.2 Å². The van der Waals surface area contributed by atoms with E-state index in [-0.39, 0.29) is 5.91 Å². The fourth-order valence-electron chi connectivity index (χ4n) is 4.13. The van der Waals surface area contributed by atoms with Gasteiger partial charge in [0.25, 0.3) is 0 Å². The third kappa shape index (κ3) is 4.14. The summed E-state index contributed by atoms with van der Waals surface area (Å²) in [5, 5.41) is 0. The van der Waals surface area contributed by atoms with Gasteiger partial charge in [-0.05, 0) is 37.1 Å². The van der Waals surface area contributed by atoms with Crippen molar-refractivity contribution in [1.29, 1.82) is 0 Å². The zero-order valence-electron chi connectivity index (χ0n) is 16.6. The van der Waals surface area contributed by atoms with Crippen LogP contribution in [0.15, 0.2) is 48.5 Å². The molecule has 0 atom stereocenters. The smallest absolute Gasteiger partial charge is 0.227 e. The average Bonchev–Trinajstić information content (AvgIpc) is 2.75. The van der Waals surface area contributed by atoms with Crippen LogP contribution in [0.2, 0.25) is 0 Å². The molecule has 5 heteroatoms. The van der Waals surface area contributed by atoms with E-state index >= 15 is 0 Å². The van der Waals surface area contributed by atoms with E-state index in [9.17, 15) is 4.79 Å². The van der Waals surface area contributed by atoms with Crippen LogP contribution in [0.3, 0.4) is 0 Å². The highest BCUT2D eigenvalue weighted by atomic mass is 16.5. The van der Waals surface area contributed by atoms with E-state index in [1.165, 1.54) is 11.3 Å². The molecule has 2 aliphatic rings. The van der Waals surface area contributed by atoms with Crippen molar-refractivity contribution in [3.63, 3.8) is 0 Å². The first-order valence-corrected chi connectivity index (χ1v) is 10.3. The Kier molecular flexibility index (Phi) is 5.81. The quantitative estimate of drug-likeness (QED) is 0.723. The molecule has 0 unspecified atom stereocenters. The van der Waals surface area contributed by atoms with E-state index in [0.29, 0.717) is 13.0 Å². The standard InChI is InChI=1S/C23H29N3O2/c1-24-21-9-5-10-22(20(21)11-12-23(24)27)28-18-6-13-25-14-16-26(17-15-25)19-7-3-2-4-8-19/h2-5,7-10H,6,11-18H2,1H3. The minimum absolute atomic E-state index is 0.180. The summed E-state index contributed by atoms with van der Waals surface area (Å²) in [6.45, 7) is 6.14. The zero-order valence-corrected chi connectivity index (χ0v) is 16.6. The molecule has 1 amide bonds. The zero-order chi connectivity index (χ0) is 19.3. The number of rotatable bonds is 6. The molecule has 4 rings (SSSR count). The van der Waals surface area contributed by atoms with Crippen LogP contribution in [-0.2, 0) is 11.2 Å². The van der Waals surface area contributed by atoms with Gasteiger partial charge in [-0.25, -0.2) is 0 Å².